The number of aromatic nitrogens is 2. The van der Waals surface area contributed by atoms with Crippen LogP contribution in [-0.4, -0.2) is 24.3 Å². The molecule has 0 saturated carbocycles. The molecule has 0 amide bonds. The highest BCUT2D eigenvalue weighted by atomic mass is 16.5. The van der Waals surface area contributed by atoms with Crippen molar-refractivity contribution in [3.8, 4) is 5.75 Å². The average molecular weight is 270 g/mol. The fourth-order valence-electron chi connectivity index (χ4n) is 1.93. The highest BCUT2D eigenvalue weighted by Crippen LogP contribution is 2.25. The van der Waals surface area contributed by atoms with Crippen molar-refractivity contribution >= 4 is 28.4 Å². The standard InChI is InChI=1S/C14H14N4O2/c1-15-13-11-6-7-12(17-14(11)20-18-13)16-9-4-3-5-10(8-9)19-2/h3-8H,1-2H3,(H,15,18)(H,16,17). The Hall–Kier alpha value is -2.76. The van der Waals surface area contributed by atoms with Gasteiger partial charge in [0.15, 0.2) is 5.82 Å². The summed E-state index contributed by atoms with van der Waals surface area (Å²) in [4.78, 5) is 4.37. The molecule has 2 N–H and O–H groups in total. The van der Waals surface area contributed by atoms with Gasteiger partial charge in [-0.05, 0) is 24.3 Å². The molecule has 2 heterocycles. The molecule has 6 heteroatoms. The molecule has 2 aromatic heterocycles. The Bertz CT molecular complexity index is 739. The second-order valence-corrected chi connectivity index (χ2v) is 4.19. The summed E-state index contributed by atoms with van der Waals surface area (Å²) in [5.41, 5.74) is 1.38. The van der Waals surface area contributed by atoms with E-state index < -0.39 is 0 Å². The fourth-order valence-corrected chi connectivity index (χ4v) is 1.93. The number of nitrogens with one attached hydrogen (secondary N) is 2. The summed E-state index contributed by atoms with van der Waals surface area (Å²) in [6.07, 6.45) is 0. The molecular weight excluding hydrogens is 256 g/mol. The first-order chi connectivity index (χ1) is 9.80. The largest absolute Gasteiger partial charge is 0.497 e. The van der Waals surface area contributed by atoms with Crippen LogP contribution >= 0.6 is 0 Å². The zero-order valence-electron chi connectivity index (χ0n) is 11.2. The van der Waals surface area contributed by atoms with Crippen LogP contribution in [0.4, 0.5) is 17.3 Å². The normalized spacial score (nSPS) is 10.5. The molecule has 0 aliphatic rings. The van der Waals surface area contributed by atoms with E-state index in [2.05, 4.69) is 20.8 Å². The number of anilines is 3. The zero-order chi connectivity index (χ0) is 13.9. The molecule has 0 unspecified atom stereocenters. The van der Waals surface area contributed by atoms with Crippen molar-refractivity contribution in [3.05, 3.63) is 36.4 Å². The molecule has 0 aliphatic carbocycles. The van der Waals surface area contributed by atoms with Crippen LogP contribution in [0.15, 0.2) is 40.9 Å². The number of methoxy groups -OCH3 is 1. The molecule has 0 saturated heterocycles. The van der Waals surface area contributed by atoms with E-state index in [1.165, 1.54) is 0 Å². The number of hydrogen-bond donors (Lipinski definition) is 2. The van der Waals surface area contributed by atoms with E-state index >= 15 is 0 Å². The van der Waals surface area contributed by atoms with Crippen LogP contribution in [0.1, 0.15) is 0 Å². The number of ether oxygens (including phenoxy) is 1. The highest BCUT2D eigenvalue weighted by Gasteiger charge is 2.08. The Morgan fingerprint density at radius 3 is 2.90 bits per heavy atom. The predicted molar refractivity (Wildman–Crippen MR) is 77.6 cm³/mol. The van der Waals surface area contributed by atoms with Gasteiger partial charge in [0.2, 0.25) is 0 Å². The van der Waals surface area contributed by atoms with E-state index in [1.54, 1.807) is 14.2 Å². The van der Waals surface area contributed by atoms with Crippen molar-refractivity contribution in [1.82, 2.24) is 10.1 Å². The van der Waals surface area contributed by atoms with Gasteiger partial charge < -0.3 is 19.9 Å². The van der Waals surface area contributed by atoms with E-state index in [0.717, 1.165) is 16.8 Å². The van der Waals surface area contributed by atoms with Gasteiger partial charge in [-0.3, -0.25) is 0 Å². The SMILES string of the molecule is CNc1noc2nc(Nc3cccc(OC)c3)ccc12. The Morgan fingerprint density at radius 2 is 2.10 bits per heavy atom. The van der Waals surface area contributed by atoms with Crippen LogP contribution in [0, 0.1) is 0 Å². The third-order valence-electron chi connectivity index (χ3n) is 2.92. The van der Waals surface area contributed by atoms with E-state index in [-0.39, 0.29) is 0 Å². The van der Waals surface area contributed by atoms with Gasteiger partial charge in [0.05, 0.1) is 12.5 Å². The van der Waals surface area contributed by atoms with Crippen LogP contribution in [0.5, 0.6) is 5.75 Å². The monoisotopic (exact) mass is 270 g/mol. The number of hydrogen-bond acceptors (Lipinski definition) is 6. The third-order valence-corrected chi connectivity index (χ3v) is 2.92. The summed E-state index contributed by atoms with van der Waals surface area (Å²) in [6.45, 7) is 0. The number of pyridine rings is 1. The lowest BCUT2D eigenvalue weighted by atomic mass is 10.3. The van der Waals surface area contributed by atoms with E-state index in [9.17, 15) is 0 Å². The van der Waals surface area contributed by atoms with Crippen LogP contribution in [0.3, 0.4) is 0 Å². The molecule has 3 aromatic rings. The van der Waals surface area contributed by atoms with E-state index in [0.29, 0.717) is 17.3 Å². The Labute approximate surface area is 115 Å². The molecule has 0 radical (unpaired) electrons. The van der Waals surface area contributed by atoms with E-state index in [1.807, 2.05) is 36.4 Å². The number of nitrogens with zero attached hydrogens (tertiary/aromatic N) is 2. The number of fused-ring (bicyclic) bond motifs is 1. The van der Waals surface area contributed by atoms with Gasteiger partial charge in [0.1, 0.15) is 11.6 Å². The zero-order valence-corrected chi connectivity index (χ0v) is 11.2. The first-order valence-corrected chi connectivity index (χ1v) is 6.15. The predicted octanol–water partition coefficient (Wildman–Crippen LogP) is 3.02. The summed E-state index contributed by atoms with van der Waals surface area (Å²) < 4.78 is 10.4. The molecule has 0 bridgehead atoms. The molecule has 3 rings (SSSR count). The molecule has 1 aromatic carbocycles. The minimum Gasteiger partial charge on any atom is -0.497 e. The van der Waals surface area contributed by atoms with Gasteiger partial charge in [-0.1, -0.05) is 11.2 Å². The molecule has 0 spiro atoms. The van der Waals surface area contributed by atoms with Crippen molar-refractivity contribution in [2.45, 2.75) is 0 Å². The quantitative estimate of drug-likeness (QED) is 0.759. The number of rotatable bonds is 4. The van der Waals surface area contributed by atoms with Crippen molar-refractivity contribution in [2.24, 2.45) is 0 Å². The first kappa shape index (κ1) is 12.3. The van der Waals surface area contributed by atoms with Crippen LogP contribution < -0.4 is 15.4 Å². The lowest BCUT2D eigenvalue weighted by Crippen LogP contribution is -1.94. The molecule has 0 fully saturated rings. The minimum absolute atomic E-state index is 0.488. The molecule has 0 atom stereocenters. The smallest absolute Gasteiger partial charge is 0.261 e. The molecule has 6 nitrogen and oxygen atoms in total. The van der Waals surface area contributed by atoms with Crippen molar-refractivity contribution in [3.63, 3.8) is 0 Å². The Kier molecular flexibility index (Phi) is 3.12. The van der Waals surface area contributed by atoms with Crippen LogP contribution in [0.25, 0.3) is 11.1 Å². The van der Waals surface area contributed by atoms with E-state index in [4.69, 9.17) is 9.26 Å². The van der Waals surface area contributed by atoms with Crippen molar-refractivity contribution in [2.75, 3.05) is 24.8 Å². The lowest BCUT2D eigenvalue weighted by Gasteiger charge is -2.06. The van der Waals surface area contributed by atoms with Crippen LogP contribution in [-0.2, 0) is 0 Å². The second kappa shape index (κ2) is 5.08. The lowest BCUT2D eigenvalue weighted by molar-refractivity contribution is 0.415. The van der Waals surface area contributed by atoms with Crippen LogP contribution in [0.2, 0.25) is 0 Å². The Balaban J connectivity index is 1.90. The molecular formula is C14H14N4O2. The summed E-state index contributed by atoms with van der Waals surface area (Å²) in [6, 6.07) is 11.4. The minimum atomic E-state index is 0.488. The highest BCUT2D eigenvalue weighted by molar-refractivity contribution is 5.86. The van der Waals surface area contributed by atoms with Crippen molar-refractivity contribution in [1.29, 1.82) is 0 Å². The Morgan fingerprint density at radius 1 is 1.20 bits per heavy atom. The maximum absolute atomic E-state index is 5.18. The fraction of sp³-hybridized carbons (Fsp3) is 0.143. The maximum atomic E-state index is 5.18. The molecule has 0 aliphatic heterocycles. The topological polar surface area (TPSA) is 72.2 Å². The molecule has 20 heavy (non-hydrogen) atoms. The van der Waals surface area contributed by atoms with Crippen molar-refractivity contribution < 1.29 is 9.26 Å². The van der Waals surface area contributed by atoms with Gasteiger partial charge in [0.25, 0.3) is 5.71 Å². The third kappa shape index (κ3) is 2.23. The summed E-state index contributed by atoms with van der Waals surface area (Å²) in [5.74, 6) is 2.15. The average Bonchev–Trinajstić information content (AvgIpc) is 2.89. The summed E-state index contributed by atoms with van der Waals surface area (Å²) in [7, 11) is 3.43. The van der Waals surface area contributed by atoms with Gasteiger partial charge in [-0.15, -0.1) is 0 Å². The van der Waals surface area contributed by atoms with Gasteiger partial charge in [0, 0.05) is 18.8 Å². The number of benzene rings is 1. The van der Waals surface area contributed by atoms with Gasteiger partial charge in [-0.25, -0.2) is 0 Å². The summed E-state index contributed by atoms with van der Waals surface area (Å²) in [5, 5.41) is 10.9. The summed E-state index contributed by atoms with van der Waals surface area (Å²) >= 11 is 0. The molecule has 102 valence electrons. The van der Waals surface area contributed by atoms with Gasteiger partial charge >= 0.3 is 0 Å². The second-order valence-electron chi connectivity index (χ2n) is 4.19. The first-order valence-electron chi connectivity index (χ1n) is 6.15. The maximum Gasteiger partial charge on any atom is 0.261 e. The van der Waals surface area contributed by atoms with Gasteiger partial charge in [-0.2, -0.15) is 4.98 Å².